The molecule has 0 radical (unpaired) electrons. The second kappa shape index (κ2) is 8.54. The molecule has 2 aromatic rings. The number of hydrogen-bond acceptors (Lipinski definition) is 9. The molecular weight excluding hydrogens is 424 g/mol. The van der Waals surface area contributed by atoms with E-state index in [0.29, 0.717) is 31.6 Å². The first-order valence-electron chi connectivity index (χ1n) is 11.5. The summed E-state index contributed by atoms with van der Waals surface area (Å²) >= 11 is 0. The average Bonchev–Trinajstić information content (AvgIpc) is 3.53. The number of aryl methyl sites for hydroxylation is 1. The molecule has 2 aromatic heterocycles. The average molecular weight is 455 g/mol. The minimum Gasteiger partial charge on any atom is -0.364 e. The molecular formula is C22H30N8O3. The number of hydrogen-bond donors (Lipinski definition) is 1. The van der Waals surface area contributed by atoms with Gasteiger partial charge in [-0.2, -0.15) is 9.78 Å². The summed E-state index contributed by atoms with van der Waals surface area (Å²) in [5.41, 5.74) is 3.31. The van der Waals surface area contributed by atoms with Crippen LogP contribution in [-0.2, 0) is 16.1 Å². The van der Waals surface area contributed by atoms with E-state index in [9.17, 15) is 9.90 Å². The Morgan fingerprint density at radius 1 is 1.24 bits per heavy atom. The van der Waals surface area contributed by atoms with Crippen LogP contribution in [0.3, 0.4) is 0 Å². The lowest BCUT2D eigenvalue weighted by Gasteiger charge is -2.39. The molecule has 2 fully saturated rings. The van der Waals surface area contributed by atoms with Crippen LogP contribution in [0.2, 0.25) is 0 Å². The number of tetrazole rings is 1. The molecule has 2 aliphatic heterocycles. The van der Waals surface area contributed by atoms with Gasteiger partial charge < -0.3 is 14.7 Å². The van der Waals surface area contributed by atoms with Crippen molar-refractivity contribution < 1.29 is 14.6 Å². The number of aromatic nitrogens is 6. The van der Waals surface area contributed by atoms with Gasteiger partial charge in [-0.25, -0.2) is 0 Å². The van der Waals surface area contributed by atoms with Crippen molar-refractivity contribution in [2.75, 3.05) is 20.2 Å². The van der Waals surface area contributed by atoms with Gasteiger partial charge in [0, 0.05) is 24.7 Å². The van der Waals surface area contributed by atoms with E-state index in [1.54, 1.807) is 0 Å². The van der Waals surface area contributed by atoms with Crippen molar-refractivity contribution in [3.05, 3.63) is 34.9 Å². The van der Waals surface area contributed by atoms with Crippen molar-refractivity contribution >= 4 is 5.91 Å². The third-order valence-corrected chi connectivity index (χ3v) is 7.63. The third kappa shape index (κ3) is 3.94. The van der Waals surface area contributed by atoms with E-state index in [4.69, 9.17) is 4.74 Å². The second-order valence-corrected chi connectivity index (χ2v) is 9.51. The molecule has 1 N–H and O–H groups in total. The predicted molar refractivity (Wildman–Crippen MR) is 117 cm³/mol. The van der Waals surface area contributed by atoms with Crippen LogP contribution in [0, 0.1) is 12.3 Å². The molecule has 4 heterocycles. The summed E-state index contributed by atoms with van der Waals surface area (Å²) in [5, 5.41) is 29.7. The Kier molecular flexibility index (Phi) is 5.71. The molecule has 5 rings (SSSR count). The van der Waals surface area contributed by atoms with Gasteiger partial charge in [-0.05, 0) is 75.1 Å². The van der Waals surface area contributed by atoms with Gasteiger partial charge in [0.15, 0.2) is 12.1 Å². The Bertz CT molecular complexity index is 1060. The summed E-state index contributed by atoms with van der Waals surface area (Å²) in [6.07, 6.45) is 5.20. The lowest BCUT2D eigenvalue weighted by atomic mass is 9.71. The fourth-order valence-corrected chi connectivity index (χ4v) is 5.36. The Hall–Kier alpha value is -2.76. The van der Waals surface area contributed by atoms with E-state index < -0.39 is 6.29 Å². The molecule has 176 valence electrons. The van der Waals surface area contributed by atoms with Gasteiger partial charge in [0.25, 0.3) is 0 Å². The number of carbonyl (C=O) groups is 1. The molecule has 1 aliphatic carbocycles. The van der Waals surface area contributed by atoms with Crippen LogP contribution in [-0.4, -0.2) is 83.7 Å². The molecule has 33 heavy (non-hydrogen) atoms. The van der Waals surface area contributed by atoms with Crippen molar-refractivity contribution in [2.24, 2.45) is 5.41 Å². The largest absolute Gasteiger partial charge is 0.364 e. The van der Waals surface area contributed by atoms with E-state index >= 15 is 0 Å². The molecule has 11 nitrogen and oxygen atoms in total. The van der Waals surface area contributed by atoms with Crippen molar-refractivity contribution in [1.82, 2.24) is 40.2 Å². The molecule has 3 aliphatic rings. The Morgan fingerprint density at radius 2 is 2.03 bits per heavy atom. The highest BCUT2D eigenvalue weighted by Crippen LogP contribution is 2.47. The second-order valence-electron chi connectivity index (χ2n) is 9.51. The summed E-state index contributed by atoms with van der Waals surface area (Å²) in [6.45, 7) is 5.59. The molecule has 1 spiro atoms. The highest BCUT2D eigenvalue weighted by Gasteiger charge is 2.50. The first-order chi connectivity index (χ1) is 15.9. The number of carbonyl (C=O) groups excluding carboxylic acids is 1. The first-order valence-corrected chi connectivity index (χ1v) is 11.5. The number of likely N-dealkylation sites (tertiary alicyclic amines) is 1. The predicted octanol–water partition coefficient (Wildman–Crippen LogP) is 0.976. The van der Waals surface area contributed by atoms with Gasteiger partial charge in [-0.15, -0.1) is 10.2 Å². The van der Waals surface area contributed by atoms with Gasteiger partial charge in [-0.1, -0.05) is 0 Å². The maximum Gasteiger partial charge on any atom is 0.233 e. The van der Waals surface area contributed by atoms with E-state index in [1.807, 2.05) is 24.8 Å². The minimum absolute atomic E-state index is 0.204. The van der Waals surface area contributed by atoms with E-state index in [0.717, 1.165) is 54.6 Å². The van der Waals surface area contributed by atoms with E-state index in [1.165, 1.54) is 11.0 Å². The zero-order valence-corrected chi connectivity index (χ0v) is 19.3. The lowest BCUT2D eigenvalue weighted by Crippen LogP contribution is -2.42. The van der Waals surface area contributed by atoms with Crippen LogP contribution in [0.5, 0.6) is 0 Å². The quantitative estimate of drug-likeness (QED) is 0.704. The molecule has 11 heteroatoms. The van der Waals surface area contributed by atoms with Crippen LogP contribution in [0.1, 0.15) is 50.3 Å². The van der Waals surface area contributed by atoms with E-state index in [2.05, 4.69) is 37.7 Å². The number of aliphatic hydroxyl groups excluding tert-OH is 1. The smallest absolute Gasteiger partial charge is 0.233 e. The van der Waals surface area contributed by atoms with Gasteiger partial charge in [0.1, 0.15) is 6.33 Å². The maximum absolute atomic E-state index is 13.4. The molecule has 1 unspecified atom stereocenters. The molecule has 1 amide bonds. The highest BCUT2D eigenvalue weighted by molar-refractivity contribution is 5.86. The monoisotopic (exact) mass is 454 g/mol. The normalized spacial score (nSPS) is 28.0. The van der Waals surface area contributed by atoms with Crippen LogP contribution in [0.15, 0.2) is 23.7 Å². The van der Waals surface area contributed by atoms with Crippen LogP contribution >= 0.6 is 0 Å². The summed E-state index contributed by atoms with van der Waals surface area (Å²) in [6, 6.07) is 2.34. The fraction of sp³-hybridized carbons (Fsp3) is 0.636. The highest BCUT2D eigenvalue weighted by atomic mass is 16.6. The van der Waals surface area contributed by atoms with Crippen LogP contribution in [0.4, 0.5) is 0 Å². The van der Waals surface area contributed by atoms with Gasteiger partial charge in [0.2, 0.25) is 5.91 Å². The molecule has 1 saturated carbocycles. The lowest BCUT2D eigenvalue weighted by molar-refractivity contribution is -0.137. The summed E-state index contributed by atoms with van der Waals surface area (Å²) in [4.78, 5) is 17.6. The maximum atomic E-state index is 13.4. The van der Waals surface area contributed by atoms with E-state index in [-0.39, 0.29) is 11.3 Å². The molecule has 0 bridgehead atoms. The zero-order chi connectivity index (χ0) is 23.2. The molecule has 0 aromatic carbocycles. The van der Waals surface area contributed by atoms with Gasteiger partial charge in [-0.3, -0.25) is 9.69 Å². The van der Waals surface area contributed by atoms with Crippen molar-refractivity contribution in [3.63, 3.8) is 0 Å². The Labute approximate surface area is 192 Å². The molecule has 1 atom stereocenters. The third-order valence-electron chi connectivity index (χ3n) is 7.63. The number of amides is 1. The zero-order valence-electron chi connectivity index (χ0n) is 19.3. The Morgan fingerprint density at radius 3 is 2.67 bits per heavy atom. The van der Waals surface area contributed by atoms with Crippen LogP contribution < -0.4 is 0 Å². The van der Waals surface area contributed by atoms with Crippen molar-refractivity contribution in [2.45, 2.75) is 64.8 Å². The van der Waals surface area contributed by atoms with Crippen molar-refractivity contribution in [3.8, 4) is 5.82 Å². The fourth-order valence-electron chi connectivity index (χ4n) is 5.36. The summed E-state index contributed by atoms with van der Waals surface area (Å²) in [5.74, 6) is 0.800. The Balaban J connectivity index is 1.20. The first kappa shape index (κ1) is 22.1. The van der Waals surface area contributed by atoms with Gasteiger partial charge >= 0.3 is 0 Å². The van der Waals surface area contributed by atoms with Crippen LogP contribution in [0.25, 0.3) is 5.82 Å². The van der Waals surface area contributed by atoms with Crippen molar-refractivity contribution in [1.29, 1.82) is 0 Å². The SMILES string of the molecule is CC1=C(N2CC[C@]3(CC[C@@H](N(C)Cc4nnc(-n5cnnn5)cc4C)CC3)C2=O)COC1O. The number of ether oxygens (including phenoxy) is 1. The standard InChI is InChI=1S/C22H30N8O3/c1-14-10-19(30-13-23-26-27-30)25-24-17(14)11-28(3)16-4-6-22(7-5-16)8-9-29(21(22)32)18-12-33-20(31)15(18)2/h10,13,16,20,31H,4-9,11-12H2,1-3H3/t16-,20?,22-. The number of nitrogens with zero attached hydrogens (tertiary/aromatic N) is 8. The number of aliphatic hydroxyl groups is 1. The minimum atomic E-state index is -0.887. The van der Waals surface area contributed by atoms with Gasteiger partial charge in [0.05, 0.1) is 23.4 Å². The summed E-state index contributed by atoms with van der Waals surface area (Å²) in [7, 11) is 2.12. The number of rotatable bonds is 5. The topological polar surface area (TPSA) is 122 Å². The summed E-state index contributed by atoms with van der Waals surface area (Å²) < 4.78 is 6.81. The molecule has 1 saturated heterocycles.